The van der Waals surface area contributed by atoms with Crippen LogP contribution < -0.4 is 10.6 Å². The zero-order chi connectivity index (χ0) is 14.0. The molecule has 0 bridgehead atoms. The first-order valence-electron chi connectivity index (χ1n) is 6.66. The van der Waals surface area contributed by atoms with E-state index < -0.39 is 0 Å². The van der Waals surface area contributed by atoms with Crippen LogP contribution in [-0.2, 0) is 0 Å². The lowest BCUT2D eigenvalue weighted by atomic mass is 10.1. The van der Waals surface area contributed by atoms with Crippen molar-refractivity contribution < 1.29 is 0 Å². The minimum absolute atomic E-state index is 0.0162. The lowest BCUT2D eigenvalue weighted by molar-refractivity contribution is 0.501. The molecule has 104 valence electrons. The van der Waals surface area contributed by atoms with E-state index in [0.717, 1.165) is 17.4 Å². The summed E-state index contributed by atoms with van der Waals surface area (Å²) in [7, 11) is 1.80. The second kappa shape index (κ2) is 5.41. The van der Waals surface area contributed by atoms with E-state index in [1.54, 1.807) is 7.05 Å². The molecule has 0 saturated heterocycles. The standard InChI is InChI=1S/C15H22ClN3/c1-15(2,3)19-14(17-4)18-13-9-12(13)10-6-5-7-11(16)8-10/h5-8,12-13H,9H2,1-4H3,(H2,17,18,19). The number of benzene rings is 1. The topological polar surface area (TPSA) is 36.4 Å². The molecule has 4 heteroatoms. The van der Waals surface area contributed by atoms with Crippen LogP contribution in [-0.4, -0.2) is 24.6 Å². The molecule has 1 saturated carbocycles. The maximum absolute atomic E-state index is 6.03. The van der Waals surface area contributed by atoms with Crippen LogP contribution in [0.2, 0.25) is 5.02 Å². The summed E-state index contributed by atoms with van der Waals surface area (Å²) >= 11 is 6.03. The molecule has 0 heterocycles. The molecule has 2 atom stereocenters. The molecule has 0 aliphatic heterocycles. The first kappa shape index (κ1) is 14.2. The molecule has 1 aliphatic rings. The molecule has 0 spiro atoms. The summed E-state index contributed by atoms with van der Waals surface area (Å²) in [6.45, 7) is 6.38. The van der Waals surface area contributed by atoms with Crippen LogP contribution in [0.15, 0.2) is 29.3 Å². The van der Waals surface area contributed by atoms with Gasteiger partial charge in [-0.3, -0.25) is 4.99 Å². The largest absolute Gasteiger partial charge is 0.353 e. The third kappa shape index (κ3) is 4.13. The lowest BCUT2D eigenvalue weighted by Gasteiger charge is -2.23. The van der Waals surface area contributed by atoms with Gasteiger partial charge in [0.1, 0.15) is 0 Å². The average molecular weight is 280 g/mol. The van der Waals surface area contributed by atoms with Crippen molar-refractivity contribution in [1.82, 2.24) is 10.6 Å². The molecule has 2 N–H and O–H groups in total. The summed E-state index contributed by atoms with van der Waals surface area (Å²) < 4.78 is 0. The summed E-state index contributed by atoms with van der Waals surface area (Å²) in [5, 5.41) is 7.64. The second-order valence-corrected chi connectivity index (χ2v) is 6.53. The molecule has 2 rings (SSSR count). The van der Waals surface area contributed by atoms with Crippen LogP contribution in [0, 0.1) is 0 Å². The van der Waals surface area contributed by atoms with Crippen molar-refractivity contribution in [2.75, 3.05) is 7.05 Å². The van der Waals surface area contributed by atoms with Crippen molar-refractivity contribution in [2.24, 2.45) is 4.99 Å². The van der Waals surface area contributed by atoms with E-state index in [1.165, 1.54) is 5.56 Å². The fourth-order valence-corrected chi connectivity index (χ4v) is 2.35. The Morgan fingerprint density at radius 1 is 1.37 bits per heavy atom. The summed E-state index contributed by atoms with van der Waals surface area (Å²) in [5.74, 6) is 1.40. The maximum atomic E-state index is 6.03. The SMILES string of the molecule is CN=C(NC1CC1c1cccc(Cl)c1)NC(C)(C)C. The van der Waals surface area contributed by atoms with Gasteiger partial charge >= 0.3 is 0 Å². The maximum Gasteiger partial charge on any atom is 0.191 e. The van der Waals surface area contributed by atoms with Gasteiger partial charge in [0.15, 0.2) is 5.96 Å². The van der Waals surface area contributed by atoms with Gasteiger partial charge in [-0.2, -0.15) is 0 Å². The second-order valence-electron chi connectivity index (χ2n) is 6.10. The highest BCUT2D eigenvalue weighted by molar-refractivity contribution is 6.30. The number of rotatable bonds is 2. The monoisotopic (exact) mass is 279 g/mol. The highest BCUT2D eigenvalue weighted by Gasteiger charge is 2.39. The molecule has 0 radical (unpaired) electrons. The fourth-order valence-electron chi connectivity index (χ4n) is 2.15. The fraction of sp³-hybridized carbons (Fsp3) is 0.533. The number of hydrogen-bond acceptors (Lipinski definition) is 1. The van der Waals surface area contributed by atoms with E-state index in [1.807, 2.05) is 18.2 Å². The van der Waals surface area contributed by atoms with Gasteiger partial charge in [-0.15, -0.1) is 0 Å². The Morgan fingerprint density at radius 3 is 2.68 bits per heavy atom. The van der Waals surface area contributed by atoms with Crippen LogP contribution in [0.4, 0.5) is 0 Å². The third-order valence-corrected chi connectivity index (χ3v) is 3.34. The minimum atomic E-state index is 0.0162. The minimum Gasteiger partial charge on any atom is -0.353 e. The Bertz CT molecular complexity index is 477. The van der Waals surface area contributed by atoms with Crippen LogP contribution in [0.25, 0.3) is 0 Å². The lowest BCUT2D eigenvalue weighted by Crippen LogP contribution is -2.48. The van der Waals surface area contributed by atoms with E-state index in [9.17, 15) is 0 Å². The highest BCUT2D eigenvalue weighted by Crippen LogP contribution is 2.41. The Hall–Kier alpha value is -1.22. The molecule has 3 nitrogen and oxygen atoms in total. The van der Waals surface area contributed by atoms with Gasteiger partial charge in [0.25, 0.3) is 0 Å². The summed E-state index contributed by atoms with van der Waals surface area (Å²) in [4.78, 5) is 4.27. The van der Waals surface area contributed by atoms with E-state index in [4.69, 9.17) is 11.6 Å². The molecule has 0 amide bonds. The van der Waals surface area contributed by atoms with Crippen LogP contribution in [0.3, 0.4) is 0 Å². The third-order valence-electron chi connectivity index (χ3n) is 3.11. The molecular weight excluding hydrogens is 258 g/mol. The average Bonchev–Trinajstić information content (AvgIpc) is 3.05. The highest BCUT2D eigenvalue weighted by atomic mass is 35.5. The molecule has 2 unspecified atom stereocenters. The molecule has 1 aromatic carbocycles. The Kier molecular flexibility index (Phi) is 4.04. The van der Waals surface area contributed by atoms with Crippen molar-refractivity contribution in [3.05, 3.63) is 34.9 Å². The predicted molar refractivity (Wildman–Crippen MR) is 82.0 cm³/mol. The van der Waals surface area contributed by atoms with Crippen LogP contribution in [0.1, 0.15) is 38.7 Å². The Morgan fingerprint density at radius 2 is 2.11 bits per heavy atom. The van der Waals surface area contributed by atoms with Crippen molar-refractivity contribution in [2.45, 2.75) is 44.7 Å². The van der Waals surface area contributed by atoms with Gasteiger partial charge in [0, 0.05) is 29.6 Å². The zero-order valence-corrected chi connectivity index (χ0v) is 12.8. The molecule has 19 heavy (non-hydrogen) atoms. The molecule has 1 fully saturated rings. The molecular formula is C15H22ClN3. The quantitative estimate of drug-likeness (QED) is 0.644. The number of aliphatic imine (C=N–C) groups is 1. The van der Waals surface area contributed by atoms with Crippen molar-refractivity contribution >= 4 is 17.6 Å². The smallest absolute Gasteiger partial charge is 0.191 e. The summed E-state index contributed by atoms with van der Waals surface area (Å²) in [6, 6.07) is 8.56. The Labute approximate surface area is 120 Å². The predicted octanol–water partition coefficient (Wildman–Crippen LogP) is 3.16. The van der Waals surface area contributed by atoms with Crippen LogP contribution >= 0.6 is 11.6 Å². The zero-order valence-electron chi connectivity index (χ0n) is 12.0. The van der Waals surface area contributed by atoms with Gasteiger partial charge in [0.05, 0.1) is 0 Å². The van der Waals surface area contributed by atoms with Gasteiger partial charge in [0.2, 0.25) is 0 Å². The number of nitrogens with zero attached hydrogens (tertiary/aromatic N) is 1. The van der Waals surface area contributed by atoms with E-state index in [0.29, 0.717) is 12.0 Å². The number of guanidine groups is 1. The van der Waals surface area contributed by atoms with Gasteiger partial charge in [-0.1, -0.05) is 23.7 Å². The van der Waals surface area contributed by atoms with E-state index in [-0.39, 0.29) is 5.54 Å². The number of hydrogen-bond donors (Lipinski definition) is 2. The summed E-state index contributed by atoms with van der Waals surface area (Å²) in [5.41, 5.74) is 1.32. The normalized spacial score (nSPS) is 23.1. The van der Waals surface area contributed by atoms with Gasteiger partial charge < -0.3 is 10.6 Å². The first-order valence-corrected chi connectivity index (χ1v) is 7.04. The van der Waals surface area contributed by atoms with Gasteiger partial charge in [-0.25, -0.2) is 0 Å². The number of nitrogens with one attached hydrogen (secondary N) is 2. The summed E-state index contributed by atoms with van der Waals surface area (Å²) in [6.07, 6.45) is 1.13. The molecule has 1 aromatic rings. The Balaban J connectivity index is 1.93. The van der Waals surface area contributed by atoms with Crippen molar-refractivity contribution in [3.8, 4) is 0 Å². The van der Waals surface area contributed by atoms with Crippen molar-refractivity contribution in [3.63, 3.8) is 0 Å². The first-order chi connectivity index (χ1) is 8.89. The molecule has 0 aromatic heterocycles. The van der Waals surface area contributed by atoms with Crippen LogP contribution in [0.5, 0.6) is 0 Å². The number of halogens is 1. The molecule has 1 aliphatic carbocycles. The van der Waals surface area contributed by atoms with Gasteiger partial charge in [-0.05, 0) is 44.9 Å². The van der Waals surface area contributed by atoms with E-state index >= 15 is 0 Å². The van der Waals surface area contributed by atoms with E-state index in [2.05, 4.69) is 42.5 Å². The van der Waals surface area contributed by atoms with Crippen molar-refractivity contribution in [1.29, 1.82) is 0 Å².